The third-order valence-electron chi connectivity index (χ3n) is 6.63. The van der Waals surface area contributed by atoms with Crippen molar-refractivity contribution in [1.29, 1.82) is 0 Å². The smallest absolute Gasteiger partial charge is 0.333 e. The summed E-state index contributed by atoms with van der Waals surface area (Å²) in [7, 11) is 3.42. The van der Waals surface area contributed by atoms with Crippen LogP contribution in [-0.2, 0) is 19.0 Å². The predicted molar refractivity (Wildman–Crippen MR) is 140 cm³/mol. The van der Waals surface area contributed by atoms with Gasteiger partial charge in [-0.25, -0.2) is 4.79 Å². The molecule has 0 saturated heterocycles. The maximum atomic E-state index is 11.6. The summed E-state index contributed by atoms with van der Waals surface area (Å²) >= 11 is 0. The van der Waals surface area contributed by atoms with Crippen LogP contribution in [0.15, 0.2) is 12.2 Å². The van der Waals surface area contributed by atoms with Crippen LogP contribution in [0.5, 0.6) is 0 Å². The lowest BCUT2D eigenvalue weighted by Crippen LogP contribution is -2.12. The number of carbonyl (C=O) groups is 1. The molecule has 0 amide bonds. The van der Waals surface area contributed by atoms with Gasteiger partial charge in [-0.05, 0) is 38.5 Å². The van der Waals surface area contributed by atoms with Crippen LogP contribution >= 0.6 is 0 Å². The number of unbranched alkanes of at least 4 members (excludes halogenated alkanes) is 12. The van der Waals surface area contributed by atoms with Gasteiger partial charge in [-0.15, -0.1) is 0 Å². The Kier molecular flexibility index (Phi) is 23.6. The van der Waals surface area contributed by atoms with Crippen molar-refractivity contribution in [1.82, 2.24) is 0 Å². The normalized spacial score (nSPS) is 12.3. The Morgan fingerprint density at radius 2 is 1.09 bits per heavy atom. The molecule has 0 bridgehead atoms. The minimum absolute atomic E-state index is 0.0393. The highest BCUT2D eigenvalue weighted by molar-refractivity contribution is 5.86. The molecule has 0 heterocycles. The van der Waals surface area contributed by atoms with Crippen LogP contribution in [0.3, 0.4) is 0 Å². The number of methoxy groups -OCH3 is 2. The Morgan fingerprint density at radius 3 is 1.55 bits per heavy atom. The van der Waals surface area contributed by atoms with Crippen LogP contribution in [0.25, 0.3) is 0 Å². The number of ether oxygens (including phenoxy) is 3. The lowest BCUT2D eigenvalue weighted by Gasteiger charge is -2.17. The third kappa shape index (κ3) is 21.4. The minimum atomic E-state index is -0.251. The molecule has 33 heavy (non-hydrogen) atoms. The summed E-state index contributed by atoms with van der Waals surface area (Å²) in [6, 6.07) is 0. The van der Waals surface area contributed by atoms with E-state index in [-0.39, 0.29) is 12.3 Å². The van der Waals surface area contributed by atoms with Crippen molar-refractivity contribution < 1.29 is 19.0 Å². The predicted octanol–water partition coefficient (Wildman–Crippen LogP) is 8.77. The van der Waals surface area contributed by atoms with Gasteiger partial charge in [0, 0.05) is 19.8 Å². The van der Waals surface area contributed by atoms with Gasteiger partial charge < -0.3 is 14.2 Å². The largest absolute Gasteiger partial charge is 0.462 e. The molecule has 1 atom stereocenters. The van der Waals surface area contributed by atoms with Crippen LogP contribution in [0.2, 0.25) is 0 Å². The van der Waals surface area contributed by atoms with Gasteiger partial charge in [-0.3, -0.25) is 0 Å². The third-order valence-corrected chi connectivity index (χ3v) is 6.63. The van der Waals surface area contributed by atoms with E-state index in [9.17, 15) is 4.79 Å². The van der Waals surface area contributed by atoms with E-state index < -0.39 is 0 Å². The summed E-state index contributed by atoms with van der Waals surface area (Å²) in [6.07, 6.45) is 24.5. The fraction of sp³-hybridized carbons (Fsp3) is 0.897. The van der Waals surface area contributed by atoms with Gasteiger partial charge in [0.25, 0.3) is 0 Å². The minimum Gasteiger partial charge on any atom is -0.462 e. The van der Waals surface area contributed by atoms with Gasteiger partial charge in [0.2, 0.25) is 0 Å². The van der Waals surface area contributed by atoms with Crippen LogP contribution in [-0.4, -0.2) is 33.1 Å². The Morgan fingerprint density at radius 1 is 0.667 bits per heavy atom. The topological polar surface area (TPSA) is 44.8 Å². The fourth-order valence-electron chi connectivity index (χ4n) is 4.44. The lowest BCUT2D eigenvalue weighted by atomic mass is 9.90. The summed E-state index contributed by atoms with van der Waals surface area (Å²) in [6.45, 7) is 8.18. The molecule has 0 aromatic carbocycles. The van der Waals surface area contributed by atoms with Crippen LogP contribution < -0.4 is 0 Å². The molecule has 0 aromatic rings. The Labute approximate surface area is 206 Å². The van der Waals surface area contributed by atoms with Crippen molar-refractivity contribution in [2.45, 2.75) is 142 Å². The first-order valence-electron chi connectivity index (χ1n) is 13.9. The zero-order chi connectivity index (χ0) is 24.6. The zero-order valence-corrected chi connectivity index (χ0v) is 22.6. The van der Waals surface area contributed by atoms with E-state index in [1.54, 1.807) is 21.1 Å². The second kappa shape index (κ2) is 24.3. The van der Waals surface area contributed by atoms with E-state index in [1.165, 1.54) is 109 Å². The standard InChI is InChI=1S/C29H56O4/c1-6-7-8-9-11-14-17-21-27(23-20-25-33-29(30)26(2)3)22-18-15-12-10-13-16-19-24-28(31-4)32-5/h27-28H,2,6-25H2,1,3-5H3. The molecule has 0 aliphatic heterocycles. The van der Waals surface area contributed by atoms with Crippen molar-refractivity contribution >= 4 is 5.97 Å². The van der Waals surface area contributed by atoms with E-state index in [0.29, 0.717) is 12.2 Å². The summed E-state index contributed by atoms with van der Waals surface area (Å²) in [4.78, 5) is 11.6. The van der Waals surface area contributed by atoms with Gasteiger partial charge >= 0.3 is 5.97 Å². The maximum Gasteiger partial charge on any atom is 0.333 e. The van der Waals surface area contributed by atoms with Gasteiger partial charge in [0.15, 0.2) is 6.29 Å². The van der Waals surface area contributed by atoms with Gasteiger partial charge in [-0.1, -0.05) is 110 Å². The fourth-order valence-corrected chi connectivity index (χ4v) is 4.44. The highest BCUT2D eigenvalue weighted by Crippen LogP contribution is 2.23. The summed E-state index contributed by atoms with van der Waals surface area (Å²) in [5, 5.41) is 0. The summed E-state index contributed by atoms with van der Waals surface area (Å²) in [5.74, 6) is 0.530. The van der Waals surface area contributed by atoms with Crippen LogP contribution in [0, 0.1) is 5.92 Å². The molecule has 4 heteroatoms. The number of carbonyl (C=O) groups excluding carboxylic acids is 1. The molecule has 0 aliphatic rings. The van der Waals surface area contributed by atoms with E-state index >= 15 is 0 Å². The molecule has 0 fully saturated rings. The van der Waals surface area contributed by atoms with Crippen molar-refractivity contribution in [2.75, 3.05) is 20.8 Å². The molecule has 0 aromatic heterocycles. The second-order valence-corrected chi connectivity index (χ2v) is 9.79. The maximum absolute atomic E-state index is 11.6. The molecule has 0 spiro atoms. The van der Waals surface area contributed by atoms with Gasteiger partial charge in [-0.2, -0.15) is 0 Å². The lowest BCUT2D eigenvalue weighted by molar-refractivity contribution is -0.139. The zero-order valence-electron chi connectivity index (χ0n) is 22.6. The second-order valence-electron chi connectivity index (χ2n) is 9.79. The average molecular weight is 469 g/mol. The van der Waals surface area contributed by atoms with Crippen molar-refractivity contribution in [3.8, 4) is 0 Å². The Balaban J connectivity index is 3.96. The highest BCUT2D eigenvalue weighted by Gasteiger charge is 2.10. The SMILES string of the molecule is C=C(C)C(=O)OCCCC(CCCCCCCCC)CCCCCCCCCC(OC)OC. The molecular formula is C29H56O4. The highest BCUT2D eigenvalue weighted by atomic mass is 16.7. The number of rotatable bonds is 25. The van der Waals surface area contributed by atoms with Crippen LogP contribution in [0.4, 0.5) is 0 Å². The van der Waals surface area contributed by atoms with Crippen molar-refractivity contribution in [3.05, 3.63) is 12.2 Å². The molecule has 196 valence electrons. The average Bonchev–Trinajstić information content (AvgIpc) is 2.81. The number of esters is 1. The first kappa shape index (κ1) is 32.1. The molecule has 1 unspecified atom stereocenters. The van der Waals surface area contributed by atoms with Crippen molar-refractivity contribution in [3.63, 3.8) is 0 Å². The first-order valence-corrected chi connectivity index (χ1v) is 13.9. The van der Waals surface area contributed by atoms with E-state index in [2.05, 4.69) is 13.5 Å². The monoisotopic (exact) mass is 468 g/mol. The Hall–Kier alpha value is -0.870. The number of hydrogen-bond acceptors (Lipinski definition) is 4. The summed E-state index contributed by atoms with van der Waals surface area (Å²) < 4.78 is 15.8. The first-order chi connectivity index (χ1) is 16.0. The summed E-state index contributed by atoms with van der Waals surface area (Å²) in [5.41, 5.74) is 0.492. The van der Waals surface area contributed by atoms with Crippen molar-refractivity contribution in [2.24, 2.45) is 5.92 Å². The van der Waals surface area contributed by atoms with E-state index in [1.807, 2.05) is 0 Å². The number of hydrogen-bond donors (Lipinski definition) is 0. The molecule has 4 nitrogen and oxygen atoms in total. The Bertz CT molecular complexity index is 445. The quantitative estimate of drug-likeness (QED) is 0.0581. The van der Waals surface area contributed by atoms with Gasteiger partial charge in [0.1, 0.15) is 0 Å². The van der Waals surface area contributed by atoms with E-state index in [4.69, 9.17) is 14.2 Å². The van der Waals surface area contributed by atoms with Crippen LogP contribution in [0.1, 0.15) is 136 Å². The molecule has 0 N–H and O–H groups in total. The molecule has 0 rings (SSSR count). The van der Waals surface area contributed by atoms with Gasteiger partial charge in [0.05, 0.1) is 6.61 Å². The molecule has 0 radical (unpaired) electrons. The van der Waals surface area contributed by atoms with E-state index in [0.717, 1.165) is 18.8 Å². The molecule has 0 saturated carbocycles. The molecule has 0 aliphatic carbocycles. The molecular weight excluding hydrogens is 412 g/mol.